The van der Waals surface area contributed by atoms with E-state index in [1.54, 1.807) is 0 Å². The first-order valence-corrected chi connectivity index (χ1v) is 6.18. The zero-order valence-electron chi connectivity index (χ0n) is 10.4. The zero-order chi connectivity index (χ0) is 12.0. The van der Waals surface area contributed by atoms with Crippen LogP contribution in [0.2, 0.25) is 0 Å². The maximum absolute atomic E-state index is 10.7. The van der Waals surface area contributed by atoms with Crippen molar-refractivity contribution in [1.82, 2.24) is 0 Å². The van der Waals surface area contributed by atoms with Crippen molar-refractivity contribution in [3.05, 3.63) is 11.6 Å². The van der Waals surface area contributed by atoms with Crippen LogP contribution in [-0.2, 0) is 9.59 Å². The summed E-state index contributed by atoms with van der Waals surface area (Å²) in [6.45, 7) is 4.62. The van der Waals surface area contributed by atoms with E-state index < -0.39 is 0 Å². The Bertz CT molecular complexity index is 276. The molecule has 90 valence electrons. The number of allylic oxidation sites excluding steroid dienone is 2. The van der Waals surface area contributed by atoms with E-state index >= 15 is 0 Å². The summed E-state index contributed by atoms with van der Waals surface area (Å²) in [5.41, 5.74) is 1.01. The van der Waals surface area contributed by atoms with Gasteiger partial charge in [0.2, 0.25) is 0 Å². The number of carbonyl (C=O) groups excluding carboxylic acids is 2. The van der Waals surface area contributed by atoms with Crippen molar-refractivity contribution in [3.63, 3.8) is 0 Å². The molecule has 0 amide bonds. The Hall–Kier alpha value is -0.920. The Balaban J connectivity index is 2.58. The molecule has 0 aromatic carbocycles. The SMILES string of the molecule is CC1(C)CCCCC1C/C=C(/C=O)CC=O. The maximum Gasteiger partial charge on any atom is 0.146 e. The highest BCUT2D eigenvalue weighted by Crippen LogP contribution is 2.42. The second-order valence-electron chi connectivity index (χ2n) is 5.43. The molecule has 1 unspecified atom stereocenters. The fourth-order valence-electron chi connectivity index (χ4n) is 2.57. The molecule has 2 nitrogen and oxygen atoms in total. The predicted molar refractivity (Wildman–Crippen MR) is 65.2 cm³/mol. The van der Waals surface area contributed by atoms with Crippen molar-refractivity contribution in [2.75, 3.05) is 0 Å². The van der Waals surface area contributed by atoms with Gasteiger partial charge in [-0.15, -0.1) is 0 Å². The number of hydrogen-bond acceptors (Lipinski definition) is 2. The van der Waals surface area contributed by atoms with E-state index in [1.807, 2.05) is 6.08 Å². The summed E-state index contributed by atoms with van der Waals surface area (Å²) in [7, 11) is 0. The van der Waals surface area contributed by atoms with Crippen LogP contribution in [0.5, 0.6) is 0 Å². The maximum atomic E-state index is 10.7. The predicted octanol–water partition coefficient (Wildman–Crippen LogP) is 3.31. The van der Waals surface area contributed by atoms with Crippen molar-refractivity contribution < 1.29 is 9.59 Å². The van der Waals surface area contributed by atoms with Gasteiger partial charge in [-0.2, -0.15) is 0 Å². The molecule has 1 aliphatic rings. The molecule has 1 atom stereocenters. The fourth-order valence-corrected chi connectivity index (χ4v) is 2.57. The molecule has 1 aliphatic carbocycles. The van der Waals surface area contributed by atoms with Gasteiger partial charge in [0, 0.05) is 6.42 Å². The lowest BCUT2D eigenvalue weighted by atomic mass is 9.67. The van der Waals surface area contributed by atoms with Crippen molar-refractivity contribution in [2.24, 2.45) is 11.3 Å². The zero-order valence-corrected chi connectivity index (χ0v) is 10.4. The molecule has 0 N–H and O–H groups in total. The topological polar surface area (TPSA) is 34.1 Å². The van der Waals surface area contributed by atoms with Crippen molar-refractivity contribution >= 4 is 12.6 Å². The summed E-state index contributed by atoms with van der Waals surface area (Å²) in [6, 6.07) is 0. The van der Waals surface area contributed by atoms with Crippen LogP contribution in [-0.4, -0.2) is 12.6 Å². The highest BCUT2D eigenvalue weighted by atomic mass is 16.1. The largest absolute Gasteiger partial charge is 0.303 e. The Morgan fingerprint density at radius 1 is 1.31 bits per heavy atom. The summed E-state index contributed by atoms with van der Waals surface area (Å²) < 4.78 is 0. The van der Waals surface area contributed by atoms with E-state index in [0.717, 1.165) is 19.0 Å². The standard InChI is InChI=1S/C14H22O2/c1-14(2)9-4-3-5-13(14)7-6-12(11-16)8-10-15/h6,10-11,13H,3-5,7-9H2,1-2H3/b12-6+. The first-order valence-electron chi connectivity index (χ1n) is 6.18. The van der Waals surface area contributed by atoms with Crippen LogP contribution in [0.4, 0.5) is 0 Å². The molecule has 0 radical (unpaired) electrons. The van der Waals surface area contributed by atoms with E-state index in [-0.39, 0.29) is 6.42 Å². The van der Waals surface area contributed by atoms with Gasteiger partial charge < -0.3 is 4.79 Å². The number of hydrogen-bond donors (Lipinski definition) is 0. The second kappa shape index (κ2) is 5.97. The van der Waals surface area contributed by atoms with Crippen molar-refractivity contribution in [3.8, 4) is 0 Å². The molecule has 2 heteroatoms. The molecule has 0 spiro atoms. The minimum Gasteiger partial charge on any atom is -0.303 e. The lowest BCUT2D eigenvalue weighted by Gasteiger charge is -2.38. The highest BCUT2D eigenvalue weighted by Gasteiger charge is 2.31. The minimum atomic E-state index is 0.261. The third-order valence-electron chi connectivity index (χ3n) is 3.86. The molecular formula is C14H22O2. The first kappa shape index (κ1) is 13.1. The van der Waals surface area contributed by atoms with Gasteiger partial charge in [0.05, 0.1) is 0 Å². The Morgan fingerprint density at radius 3 is 2.62 bits per heavy atom. The van der Waals surface area contributed by atoms with Crippen LogP contribution >= 0.6 is 0 Å². The van der Waals surface area contributed by atoms with E-state index in [1.165, 1.54) is 25.7 Å². The van der Waals surface area contributed by atoms with Crippen LogP contribution < -0.4 is 0 Å². The third kappa shape index (κ3) is 3.58. The smallest absolute Gasteiger partial charge is 0.146 e. The van der Waals surface area contributed by atoms with Gasteiger partial charge >= 0.3 is 0 Å². The van der Waals surface area contributed by atoms with E-state index in [4.69, 9.17) is 0 Å². The van der Waals surface area contributed by atoms with Gasteiger partial charge in [-0.1, -0.05) is 32.8 Å². The van der Waals surface area contributed by atoms with Gasteiger partial charge in [-0.25, -0.2) is 0 Å². The molecule has 1 rings (SSSR count). The van der Waals surface area contributed by atoms with Gasteiger partial charge in [-0.05, 0) is 36.2 Å². The first-order chi connectivity index (χ1) is 7.60. The summed E-state index contributed by atoms with van der Waals surface area (Å²) in [5.74, 6) is 0.655. The van der Waals surface area contributed by atoms with Gasteiger partial charge in [0.1, 0.15) is 12.6 Å². The lowest BCUT2D eigenvalue weighted by molar-refractivity contribution is -0.109. The van der Waals surface area contributed by atoms with E-state index in [9.17, 15) is 9.59 Å². The molecule has 0 aromatic rings. The molecule has 1 saturated carbocycles. The van der Waals surface area contributed by atoms with E-state index in [0.29, 0.717) is 16.9 Å². The van der Waals surface area contributed by atoms with Crippen LogP contribution in [0, 0.1) is 11.3 Å². The van der Waals surface area contributed by atoms with Crippen molar-refractivity contribution in [2.45, 2.75) is 52.4 Å². The number of aldehydes is 2. The highest BCUT2D eigenvalue weighted by molar-refractivity contribution is 5.78. The number of carbonyl (C=O) groups is 2. The molecule has 0 aliphatic heterocycles. The molecule has 0 aromatic heterocycles. The average Bonchev–Trinajstić information content (AvgIpc) is 2.25. The summed E-state index contributed by atoms with van der Waals surface area (Å²) in [6.07, 6.45) is 9.90. The molecule has 0 heterocycles. The van der Waals surface area contributed by atoms with Crippen LogP contribution in [0.1, 0.15) is 52.4 Å². The summed E-state index contributed by atoms with van der Waals surface area (Å²) in [4.78, 5) is 21.1. The lowest BCUT2D eigenvalue weighted by Crippen LogP contribution is -2.27. The minimum absolute atomic E-state index is 0.261. The van der Waals surface area contributed by atoms with Crippen molar-refractivity contribution in [1.29, 1.82) is 0 Å². The Morgan fingerprint density at radius 2 is 2.06 bits per heavy atom. The Kier molecular flexibility index (Phi) is 4.91. The normalized spacial score (nSPS) is 25.1. The quantitative estimate of drug-likeness (QED) is 0.528. The number of rotatable bonds is 5. The van der Waals surface area contributed by atoms with E-state index in [2.05, 4.69) is 13.8 Å². The average molecular weight is 222 g/mol. The molecular weight excluding hydrogens is 200 g/mol. The van der Waals surface area contributed by atoms with Crippen LogP contribution in [0.3, 0.4) is 0 Å². The molecule has 0 saturated heterocycles. The molecule has 0 bridgehead atoms. The second-order valence-corrected chi connectivity index (χ2v) is 5.43. The summed E-state index contributed by atoms with van der Waals surface area (Å²) >= 11 is 0. The van der Waals surface area contributed by atoms with Gasteiger partial charge in [0.25, 0.3) is 0 Å². The van der Waals surface area contributed by atoms with Gasteiger partial charge in [0.15, 0.2) is 0 Å². The van der Waals surface area contributed by atoms with Gasteiger partial charge in [-0.3, -0.25) is 4.79 Å². The van der Waals surface area contributed by atoms with Crippen LogP contribution in [0.15, 0.2) is 11.6 Å². The fraction of sp³-hybridized carbons (Fsp3) is 0.714. The monoisotopic (exact) mass is 222 g/mol. The Labute approximate surface area is 98.1 Å². The van der Waals surface area contributed by atoms with Crippen LogP contribution in [0.25, 0.3) is 0 Å². The molecule has 16 heavy (non-hydrogen) atoms. The summed E-state index contributed by atoms with van der Waals surface area (Å²) in [5, 5.41) is 0. The third-order valence-corrected chi connectivity index (χ3v) is 3.86. The molecule has 1 fully saturated rings.